The van der Waals surface area contributed by atoms with Gasteiger partial charge in [0.2, 0.25) is 0 Å². The average Bonchev–Trinajstić information content (AvgIpc) is 2.38. The van der Waals surface area contributed by atoms with Crippen LogP contribution in [0.4, 0.5) is 4.39 Å². The highest BCUT2D eigenvalue weighted by atomic mass is 79.9. The van der Waals surface area contributed by atoms with Crippen molar-refractivity contribution in [3.8, 4) is 0 Å². The van der Waals surface area contributed by atoms with Crippen LogP contribution in [0.5, 0.6) is 0 Å². The smallest absolute Gasteiger partial charge is 0.129 e. The Hall–Kier alpha value is -0.450. The number of rotatable bonds is 5. The molecule has 0 saturated carbocycles. The van der Waals surface area contributed by atoms with Gasteiger partial charge in [-0.05, 0) is 50.4 Å². The Bertz CT molecular complexity index is 380. The maximum atomic E-state index is 13.5. The second-order valence-electron chi connectivity index (χ2n) is 4.79. The topological polar surface area (TPSA) is 21.3 Å². The number of nitrogens with one attached hydrogen (secondary N) is 1. The van der Waals surface area contributed by atoms with Crippen molar-refractivity contribution in [2.45, 2.75) is 25.9 Å². The van der Waals surface area contributed by atoms with Crippen LogP contribution in [0.2, 0.25) is 0 Å². The predicted molar refractivity (Wildman–Crippen MR) is 74.0 cm³/mol. The molecule has 1 heterocycles. The molecule has 1 fully saturated rings. The molecule has 1 aliphatic heterocycles. The summed E-state index contributed by atoms with van der Waals surface area (Å²) in [5, 5.41) is 3.39. The Kier molecular flexibility index (Phi) is 5.60. The molecule has 0 bridgehead atoms. The quantitative estimate of drug-likeness (QED) is 0.840. The summed E-state index contributed by atoms with van der Waals surface area (Å²) >= 11 is 3.24. The fourth-order valence-corrected chi connectivity index (χ4v) is 2.57. The van der Waals surface area contributed by atoms with E-state index >= 15 is 0 Å². The minimum Gasteiger partial charge on any atom is -0.377 e. The molecular weight excluding hydrogens is 297 g/mol. The molecule has 1 N–H and O–H groups in total. The van der Waals surface area contributed by atoms with Gasteiger partial charge in [-0.1, -0.05) is 22.0 Å². The molecule has 1 aromatic carbocycles. The summed E-state index contributed by atoms with van der Waals surface area (Å²) in [6.07, 6.45) is 3.60. The number of benzene rings is 1. The van der Waals surface area contributed by atoms with Gasteiger partial charge in [-0.2, -0.15) is 0 Å². The van der Waals surface area contributed by atoms with E-state index in [0.717, 1.165) is 24.0 Å². The van der Waals surface area contributed by atoms with Gasteiger partial charge in [0.1, 0.15) is 5.82 Å². The van der Waals surface area contributed by atoms with Crippen molar-refractivity contribution < 1.29 is 9.13 Å². The van der Waals surface area contributed by atoms with E-state index in [1.807, 2.05) is 6.07 Å². The van der Waals surface area contributed by atoms with Crippen molar-refractivity contribution in [3.63, 3.8) is 0 Å². The third kappa shape index (κ3) is 4.34. The van der Waals surface area contributed by atoms with E-state index < -0.39 is 0 Å². The molecule has 4 heteroatoms. The molecule has 0 radical (unpaired) electrons. The minimum atomic E-state index is -0.205. The second-order valence-corrected chi connectivity index (χ2v) is 5.71. The Balaban J connectivity index is 1.68. The van der Waals surface area contributed by atoms with Crippen molar-refractivity contribution in [1.29, 1.82) is 0 Å². The lowest BCUT2D eigenvalue weighted by Crippen LogP contribution is -2.30. The van der Waals surface area contributed by atoms with E-state index in [-0.39, 0.29) is 5.82 Å². The van der Waals surface area contributed by atoms with Crippen LogP contribution in [0.1, 0.15) is 24.8 Å². The first-order valence-corrected chi connectivity index (χ1v) is 7.27. The van der Waals surface area contributed by atoms with E-state index in [0.29, 0.717) is 24.7 Å². The Morgan fingerprint density at radius 3 is 3.06 bits per heavy atom. The number of piperidine rings is 1. The standard InChI is InChI=1S/C14H19BrFNO/c15-13-4-3-12(14(16)8-13)10-18-7-5-11-2-1-6-17-9-11/h3-4,8,11,17H,1-2,5-7,9-10H2. The SMILES string of the molecule is Fc1cc(Br)ccc1COCCC1CCCNC1. The number of hydrogen-bond donors (Lipinski definition) is 1. The first-order valence-electron chi connectivity index (χ1n) is 6.48. The van der Waals surface area contributed by atoms with Gasteiger partial charge in [-0.3, -0.25) is 0 Å². The van der Waals surface area contributed by atoms with Crippen LogP contribution < -0.4 is 5.32 Å². The van der Waals surface area contributed by atoms with E-state index in [2.05, 4.69) is 21.2 Å². The molecule has 18 heavy (non-hydrogen) atoms. The third-order valence-corrected chi connectivity index (χ3v) is 3.84. The van der Waals surface area contributed by atoms with Gasteiger partial charge < -0.3 is 10.1 Å². The lowest BCUT2D eigenvalue weighted by molar-refractivity contribution is 0.101. The van der Waals surface area contributed by atoms with Crippen molar-refractivity contribution >= 4 is 15.9 Å². The fraction of sp³-hybridized carbons (Fsp3) is 0.571. The van der Waals surface area contributed by atoms with Gasteiger partial charge in [0.05, 0.1) is 6.61 Å². The molecule has 2 rings (SSSR count). The molecule has 2 nitrogen and oxygen atoms in total. The normalized spacial score (nSPS) is 20.0. The van der Waals surface area contributed by atoms with E-state index in [9.17, 15) is 4.39 Å². The minimum absolute atomic E-state index is 0.205. The largest absolute Gasteiger partial charge is 0.377 e. The molecule has 0 amide bonds. The molecule has 0 spiro atoms. The zero-order valence-corrected chi connectivity index (χ0v) is 12.0. The molecule has 1 saturated heterocycles. The van der Waals surface area contributed by atoms with E-state index in [4.69, 9.17) is 4.74 Å². The highest BCUT2D eigenvalue weighted by molar-refractivity contribution is 9.10. The molecule has 1 atom stereocenters. The summed E-state index contributed by atoms with van der Waals surface area (Å²) in [4.78, 5) is 0. The van der Waals surface area contributed by atoms with Crippen LogP contribution >= 0.6 is 15.9 Å². The summed E-state index contributed by atoms with van der Waals surface area (Å²) < 4.78 is 19.8. The van der Waals surface area contributed by atoms with Crippen molar-refractivity contribution in [2.75, 3.05) is 19.7 Å². The monoisotopic (exact) mass is 315 g/mol. The zero-order valence-electron chi connectivity index (χ0n) is 10.4. The molecule has 1 unspecified atom stereocenters. The average molecular weight is 316 g/mol. The highest BCUT2D eigenvalue weighted by Gasteiger charge is 2.12. The van der Waals surface area contributed by atoms with Crippen LogP contribution in [-0.2, 0) is 11.3 Å². The molecule has 0 aliphatic carbocycles. The molecule has 1 aliphatic rings. The van der Waals surface area contributed by atoms with Gasteiger partial charge in [-0.25, -0.2) is 4.39 Å². The van der Waals surface area contributed by atoms with Crippen LogP contribution in [-0.4, -0.2) is 19.7 Å². The van der Waals surface area contributed by atoms with Gasteiger partial charge in [-0.15, -0.1) is 0 Å². The van der Waals surface area contributed by atoms with Crippen LogP contribution in [0.3, 0.4) is 0 Å². The fourth-order valence-electron chi connectivity index (χ4n) is 2.24. The second kappa shape index (κ2) is 7.22. The Morgan fingerprint density at radius 2 is 2.33 bits per heavy atom. The van der Waals surface area contributed by atoms with E-state index in [1.165, 1.54) is 18.9 Å². The summed E-state index contributed by atoms with van der Waals surface area (Å²) in [5.74, 6) is 0.511. The predicted octanol–water partition coefficient (Wildman–Crippen LogP) is 3.49. The Labute approximate surface area is 116 Å². The van der Waals surface area contributed by atoms with Gasteiger partial charge in [0.25, 0.3) is 0 Å². The van der Waals surface area contributed by atoms with Crippen molar-refractivity contribution in [2.24, 2.45) is 5.92 Å². The number of halogens is 2. The summed E-state index contributed by atoms with van der Waals surface area (Å²) in [6.45, 7) is 3.30. The van der Waals surface area contributed by atoms with Gasteiger partial charge >= 0.3 is 0 Å². The third-order valence-electron chi connectivity index (χ3n) is 3.34. The highest BCUT2D eigenvalue weighted by Crippen LogP contribution is 2.17. The summed E-state index contributed by atoms with van der Waals surface area (Å²) in [6, 6.07) is 5.08. The number of ether oxygens (including phenoxy) is 1. The van der Waals surface area contributed by atoms with Crippen LogP contribution in [0, 0.1) is 11.7 Å². The van der Waals surface area contributed by atoms with Gasteiger partial charge in [0.15, 0.2) is 0 Å². The van der Waals surface area contributed by atoms with Crippen molar-refractivity contribution in [1.82, 2.24) is 5.32 Å². The summed E-state index contributed by atoms with van der Waals surface area (Å²) in [5.41, 5.74) is 0.625. The first-order chi connectivity index (χ1) is 8.75. The lowest BCUT2D eigenvalue weighted by atomic mass is 9.97. The van der Waals surface area contributed by atoms with Crippen LogP contribution in [0.25, 0.3) is 0 Å². The summed E-state index contributed by atoms with van der Waals surface area (Å²) in [7, 11) is 0. The first kappa shape index (κ1) is 14.0. The van der Waals surface area contributed by atoms with Crippen molar-refractivity contribution in [3.05, 3.63) is 34.1 Å². The maximum absolute atomic E-state index is 13.5. The maximum Gasteiger partial charge on any atom is 0.129 e. The molecular formula is C14H19BrFNO. The van der Waals surface area contributed by atoms with Crippen LogP contribution in [0.15, 0.2) is 22.7 Å². The lowest BCUT2D eigenvalue weighted by Gasteiger charge is -2.22. The van der Waals surface area contributed by atoms with Gasteiger partial charge in [0, 0.05) is 16.6 Å². The molecule has 100 valence electrons. The van der Waals surface area contributed by atoms with E-state index in [1.54, 1.807) is 6.07 Å². The molecule has 0 aromatic heterocycles. The molecule has 1 aromatic rings. The zero-order chi connectivity index (χ0) is 12.8. The number of hydrogen-bond acceptors (Lipinski definition) is 2. The Morgan fingerprint density at radius 1 is 1.44 bits per heavy atom.